The van der Waals surface area contributed by atoms with Crippen LogP contribution in [0.25, 0.3) is 6.08 Å². The van der Waals surface area contributed by atoms with E-state index in [-0.39, 0.29) is 18.3 Å². The number of carbonyl (C=O) groups excluding carboxylic acids is 1. The number of allylic oxidation sites excluding steroid dienone is 1. The van der Waals surface area contributed by atoms with E-state index < -0.39 is 12.0 Å². The Hall–Kier alpha value is -3.85. The first-order valence-corrected chi connectivity index (χ1v) is 14.8. The van der Waals surface area contributed by atoms with Crippen LogP contribution >= 0.6 is 11.3 Å². The molecule has 8 nitrogen and oxygen atoms in total. The Kier molecular flexibility index (Phi) is 9.70. The number of esters is 1. The molecule has 9 heteroatoms. The fourth-order valence-corrected chi connectivity index (χ4v) is 5.61. The summed E-state index contributed by atoms with van der Waals surface area (Å²) in [5, 5.41) is 0. The maximum absolute atomic E-state index is 14.0. The quantitative estimate of drug-likeness (QED) is 0.297. The summed E-state index contributed by atoms with van der Waals surface area (Å²) in [5.74, 6) is 1.74. The van der Waals surface area contributed by atoms with Crippen LogP contribution in [0.4, 0.5) is 0 Å². The Morgan fingerprint density at radius 3 is 2.46 bits per heavy atom. The third-order valence-corrected chi connectivity index (χ3v) is 7.21. The summed E-state index contributed by atoms with van der Waals surface area (Å²) in [5.41, 5.74) is 2.04. The molecule has 0 amide bonds. The van der Waals surface area contributed by atoms with E-state index in [9.17, 15) is 9.59 Å². The largest absolute Gasteiger partial charge is 0.491 e. The summed E-state index contributed by atoms with van der Waals surface area (Å²) < 4.78 is 25.4. The molecule has 41 heavy (non-hydrogen) atoms. The predicted octanol–water partition coefficient (Wildman–Crippen LogP) is 5.02. The van der Waals surface area contributed by atoms with Crippen molar-refractivity contribution in [3.05, 3.63) is 84.5 Å². The molecule has 1 aliphatic rings. The number of carbonyl (C=O) groups is 1. The van der Waals surface area contributed by atoms with Crippen molar-refractivity contribution in [3.8, 4) is 17.2 Å². The number of ether oxygens (including phenoxy) is 4. The monoisotopic (exact) mass is 578 g/mol. The maximum Gasteiger partial charge on any atom is 0.338 e. The van der Waals surface area contributed by atoms with Crippen LogP contribution < -0.4 is 29.1 Å². The van der Waals surface area contributed by atoms with Crippen molar-refractivity contribution >= 4 is 23.4 Å². The van der Waals surface area contributed by atoms with E-state index in [1.54, 1.807) is 18.4 Å². The van der Waals surface area contributed by atoms with Crippen molar-refractivity contribution in [2.75, 3.05) is 19.8 Å². The normalized spacial score (nSPS) is 15.1. The molecule has 3 aromatic rings. The standard InChI is InChI=1S/C32H38N2O6S/c1-8-37-26-16-22(14-15-25(26)39-18-19(3)4)17-27-30(35)34-29(23-12-10-11-13-24(23)40-20(5)6)28(31(36)38-9-2)21(7)33-32(34)41-27/h10-17,19-20,29H,8-9,18H2,1-7H3/b27-17-/t29-/m0/s1. The zero-order chi connectivity index (χ0) is 29.7. The van der Waals surface area contributed by atoms with Gasteiger partial charge in [0.1, 0.15) is 11.8 Å². The van der Waals surface area contributed by atoms with Crippen molar-refractivity contribution in [2.45, 2.75) is 60.6 Å². The van der Waals surface area contributed by atoms with Crippen molar-refractivity contribution < 1.29 is 23.7 Å². The average molecular weight is 579 g/mol. The second-order valence-corrected chi connectivity index (χ2v) is 11.4. The zero-order valence-corrected chi connectivity index (χ0v) is 25.5. The van der Waals surface area contributed by atoms with Gasteiger partial charge < -0.3 is 18.9 Å². The molecule has 0 N–H and O–H groups in total. The molecular formula is C32H38N2O6S. The van der Waals surface area contributed by atoms with Crippen LogP contribution in [0.2, 0.25) is 0 Å². The topological polar surface area (TPSA) is 88.4 Å². The zero-order valence-electron chi connectivity index (χ0n) is 24.7. The van der Waals surface area contributed by atoms with Gasteiger partial charge in [-0.1, -0.05) is 49.4 Å². The van der Waals surface area contributed by atoms with Crippen LogP contribution in [0.3, 0.4) is 0 Å². The molecule has 0 unspecified atom stereocenters. The smallest absolute Gasteiger partial charge is 0.338 e. The summed E-state index contributed by atoms with van der Waals surface area (Å²) in [6, 6.07) is 12.3. The van der Waals surface area contributed by atoms with E-state index in [0.29, 0.717) is 62.5 Å². The lowest BCUT2D eigenvalue weighted by Gasteiger charge is -2.26. The Morgan fingerprint density at radius 1 is 1.02 bits per heavy atom. The third kappa shape index (κ3) is 6.73. The van der Waals surface area contributed by atoms with Gasteiger partial charge in [0.15, 0.2) is 16.3 Å². The molecule has 4 rings (SSSR count). The molecule has 0 fully saturated rings. The third-order valence-electron chi connectivity index (χ3n) is 6.23. The van der Waals surface area contributed by atoms with E-state index in [2.05, 4.69) is 18.8 Å². The van der Waals surface area contributed by atoms with Gasteiger partial charge in [0.25, 0.3) is 5.56 Å². The number of rotatable bonds is 11. The number of nitrogens with zero attached hydrogens (tertiary/aromatic N) is 2. The molecule has 2 heterocycles. The Balaban J connectivity index is 1.88. The molecule has 0 aliphatic carbocycles. The molecule has 0 saturated heterocycles. The minimum absolute atomic E-state index is 0.102. The SMILES string of the molecule is CCOC(=O)C1=C(C)N=c2s/c(=C\c3ccc(OCC(C)C)c(OCC)c3)c(=O)n2[C@H]1c1ccccc1OC(C)C. The van der Waals surface area contributed by atoms with Crippen molar-refractivity contribution in [1.82, 2.24) is 4.57 Å². The molecule has 0 spiro atoms. The number of benzene rings is 2. The van der Waals surface area contributed by atoms with Crippen LogP contribution in [-0.4, -0.2) is 36.5 Å². The second-order valence-electron chi connectivity index (χ2n) is 10.4. The molecule has 2 aromatic carbocycles. The van der Waals surface area contributed by atoms with Crippen LogP contribution in [0.1, 0.15) is 65.6 Å². The van der Waals surface area contributed by atoms with Gasteiger partial charge in [0, 0.05) is 5.56 Å². The van der Waals surface area contributed by atoms with Crippen LogP contribution in [0, 0.1) is 5.92 Å². The van der Waals surface area contributed by atoms with Gasteiger partial charge in [0.05, 0.1) is 41.7 Å². The molecule has 218 valence electrons. The predicted molar refractivity (Wildman–Crippen MR) is 161 cm³/mol. The lowest BCUT2D eigenvalue weighted by molar-refractivity contribution is -0.139. The Morgan fingerprint density at radius 2 is 1.78 bits per heavy atom. The molecular weight excluding hydrogens is 540 g/mol. The Labute approximate surface area is 244 Å². The minimum Gasteiger partial charge on any atom is -0.491 e. The number of hydrogen-bond acceptors (Lipinski definition) is 8. The Bertz CT molecular complexity index is 1620. The summed E-state index contributed by atoms with van der Waals surface area (Å²) in [7, 11) is 0. The van der Waals surface area contributed by atoms with E-state index >= 15 is 0 Å². The van der Waals surface area contributed by atoms with Gasteiger partial charge in [-0.15, -0.1) is 0 Å². The molecule has 0 radical (unpaired) electrons. The van der Waals surface area contributed by atoms with E-state index in [0.717, 1.165) is 5.56 Å². The van der Waals surface area contributed by atoms with Crippen molar-refractivity contribution in [2.24, 2.45) is 10.9 Å². The number of aromatic nitrogens is 1. The number of thiazole rings is 1. The molecule has 0 saturated carbocycles. The molecule has 1 atom stereocenters. The maximum atomic E-state index is 14.0. The number of hydrogen-bond donors (Lipinski definition) is 0. The number of para-hydroxylation sites is 1. The number of fused-ring (bicyclic) bond motifs is 1. The highest BCUT2D eigenvalue weighted by Gasteiger charge is 2.35. The first-order chi connectivity index (χ1) is 19.6. The van der Waals surface area contributed by atoms with Gasteiger partial charge in [-0.05, 0) is 70.4 Å². The lowest BCUT2D eigenvalue weighted by Crippen LogP contribution is -2.40. The van der Waals surface area contributed by atoms with E-state index in [1.807, 2.05) is 69.3 Å². The lowest BCUT2D eigenvalue weighted by atomic mass is 9.95. The molecule has 1 aromatic heterocycles. The van der Waals surface area contributed by atoms with E-state index in [4.69, 9.17) is 18.9 Å². The fraction of sp³-hybridized carbons (Fsp3) is 0.406. The van der Waals surface area contributed by atoms with Crippen LogP contribution in [-0.2, 0) is 9.53 Å². The van der Waals surface area contributed by atoms with Gasteiger partial charge in [-0.3, -0.25) is 9.36 Å². The first kappa shape index (κ1) is 30.1. The fourth-order valence-electron chi connectivity index (χ4n) is 4.56. The van der Waals surface area contributed by atoms with Gasteiger partial charge >= 0.3 is 5.97 Å². The summed E-state index contributed by atoms with van der Waals surface area (Å²) >= 11 is 1.27. The molecule has 1 aliphatic heterocycles. The first-order valence-electron chi connectivity index (χ1n) is 14.0. The highest BCUT2D eigenvalue weighted by Crippen LogP contribution is 2.36. The van der Waals surface area contributed by atoms with Gasteiger partial charge in [0.2, 0.25) is 0 Å². The second kappa shape index (κ2) is 13.2. The highest BCUT2D eigenvalue weighted by atomic mass is 32.1. The van der Waals surface area contributed by atoms with Crippen molar-refractivity contribution in [3.63, 3.8) is 0 Å². The average Bonchev–Trinajstić information content (AvgIpc) is 3.21. The van der Waals surface area contributed by atoms with Gasteiger partial charge in [-0.25, -0.2) is 9.79 Å². The van der Waals surface area contributed by atoms with Crippen LogP contribution in [0.5, 0.6) is 17.2 Å². The summed E-state index contributed by atoms with van der Waals surface area (Å²) in [4.78, 5) is 32.5. The minimum atomic E-state index is -0.756. The van der Waals surface area contributed by atoms with Crippen LogP contribution in [0.15, 0.2) is 63.5 Å². The molecule has 0 bridgehead atoms. The summed E-state index contributed by atoms with van der Waals surface area (Å²) in [6.07, 6.45) is 1.71. The van der Waals surface area contributed by atoms with Gasteiger partial charge in [-0.2, -0.15) is 0 Å². The van der Waals surface area contributed by atoms with Crippen molar-refractivity contribution in [1.29, 1.82) is 0 Å². The highest BCUT2D eigenvalue weighted by molar-refractivity contribution is 7.07. The summed E-state index contributed by atoms with van der Waals surface area (Å²) in [6.45, 7) is 14.7. The van der Waals surface area contributed by atoms with E-state index in [1.165, 1.54) is 11.3 Å².